The van der Waals surface area contributed by atoms with Crippen molar-refractivity contribution in [3.05, 3.63) is 18.0 Å². The molecule has 134 valence electrons. The number of hydrogen-bond acceptors (Lipinski definition) is 5. The van der Waals surface area contributed by atoms with Crippen molar-refractivity contribution in [3.8, 4) is 0 Å². The topological polar surface area (TPSA) is 61.3 Å². The summed E-state index contributed by atoms with van der Waals surface area (Å²) in [6.07, 6.45) is 8.21. The van der Waals surface area contributed by atoms with E-state index >= 15 is 0 Å². The Kier molecular flexibility index (Phi) is 4.85. The largest absolute Gasteiger partial charge is 0.395 e. The van der Waals surface area contributed by atoms with E-state index in [1.165, 1.54) is 25.7 Å². The second kappa shape index (κ2) is 6.60. The molecular weight excluding hydrogens is 300 g/mol. The third kappa shape index (κ3) is 4.25. The monoisotopic (exact) mass is 332 g/mol. The molecule has 1 spiro atoms. The molecule has 3 rings (SSSR count). The third-order valence-corrected chi connectivity index (χ3v) is 5.51. The lowest BCUT2D eigenvalue weighted by Crippen LogP contribution is -2.44. The van der Waals surface area contributed by atoms with Crippen molar-refractivity contribution in [2.45, 2.75) is 71.5 Å². The van der Waals surface area contributed by atoms with Crippen molar-refractivity contribution >= 4 is 5.95 Å². The molecule has 1 aromatic heterocycles. The molecule has 5 heteroatoms. The van der Waals surface area contributed by atoms with Gasteiger partial charge in [-0.25, -0.2) is 9.97 Å². The van der Waals surface area contributed by atoms with E-state index in [1.54, 1.807) is 0 Å². The third-order valence-electron chi connectivity index (χ3n) is 5.51. The minimum absolute atomic E-state index is 0.0995. The van der Waals surface area contributed by atoms with Crippen LogP contribution in [0.3, 0.4) is 0 Å². The van der Waals surface area contributed by atoms with Gasteiger partial charge in [-0.2, -0.15) is 0 Å². The second-order valence-corrected chi connectivity index (χ2v) is 9.05. The number of hydrogen-bond donors (Lipinski definition) is 2. The molecule has 2 aliphatic rings. The summed E-state index contributed by atoms with van der Waals surface area (Å²) in [6.45, 7) is 7.40. The Bertz CT molecular complexity index is 557. The second-order valence-electron chi connectivity index (χ2n) is 9.05. The molecule has 1 atom stereocenters. The Morgan fingerprint density at radius 3 is 2.67 bits per heavy atom. The molecule has 5 nitrogen and oxygen atoms in total. The quantitative estimate of drug-likeness (QED) is 0.804. The summed E-state index contributed by atoms with van der Waals surface area (Å²) in [5.74, 6) is 0.825. The van der Waals surface area contributed by atoms with Gasteiger partial charge in [0, 0.05) is 31.9 Å². The highest BCUT2D eigenvalue weighted by molar-refractivity contribution is 5.33. The summed E-state index contributed by atoms with van der Waals surface area (Å²) in [6, 6.07) is 2.66. The summed E-state index contributed by atoms with van der Waals surface area (Å²) >= 11 is 0. The first kappa shape index (κ1) is 17.6. The zero-order valence-corrected chi connectivity index (χ0v) is 15.5. The number of aliphatic hydroxyl groups excluding tert-OH is 1. The molecule has 1 heterocycles. The standard InChI is InChI=1S/C19H32N4O/c1-18(2,3)9-15(13-24)21-12-14-5-8-20-17(22-14)23(4)16-10-19(11-16)6-7-19/h5,8,15-16,21,24H,6-7,9-13H2,1-4H3/t15-/m1/s1. The van der Waals surface area contributed by atoms with Gasteiger partial charge in [0.15, 0.2) is 0 Å². The molecule has 1 aromatic rings. The van der Waals surface area contributed by atoms with E-state index in [2.05, 4.69) is 43.0 Å². The molecule has 0 aliphatic heterocycles. The minimum atomic E-state index is 0.0995. The Morgan fingerprint density at radius 1 is 1.38 bits per heavy atom. The molecule has 0 bridgehead atoms. The first-order chi connectivity index (χ1) is 11.3. The van der Waals surface area contributed by atoms with E-state index in [0.717, 1.165) is 18.1 Å². The minimum Gasteiger partial charge on any atom is -0.395 e. The molecule has 0 aromatic carbocycles. The van der Waals surface area contributed by atoms with Gasteiger partial charge >= 0.3 is 0 Å². The molecule has 0 amide bonds. The van der Waals surface area contributed by atoms with Gasteiger partial charge in [0.1, 0.15) is 0 Å². The van der Waals surface area contributed by atoms with Crippen molar-refractivity contribution in [3.63, 3.8) is 0 Å². The van der Waals surface area contributed by atoms with Gasteiger partial charge < -0.3 is 15.3 Å². The van der Waals surface area contributed by atoms with E-state index in [1.807, 2.05) is 12.3 Å². The summed E-state index contributed by atoms with van der Waals surface area (Å²) in [5, 5.41) is 13.0. The fourth-order valence-electron chi connectivity index (χ4n) is 3.80. The molecule has 0 unspecified atom stereocenters. The van der Waals surface area contributed by atoms with Gasteiger partial charge in [-0.3, -0.25) is 0 Å². The van der Waals surface area contributed by atoms with Crippen LogP contribution in [0.2, 0.25) is 0 Å². The average molecular weight is 332 g/mol. The number of rotatable bonds is 7. The SMILES string of the molecule is CN(c1nccc(CN[C@@H](CO)CC(C)(C)C)n1)C1CC2(CC2)C1. The molecule has 2 aliphatic carbocycles. The first-order valence-electron chi connectivity index (χ1n) is 9.19. The molecular formula is C19H32N4O. The van der Waals surface area contributed by atoms with Crippen molar-refractivity contribution in [1.82, 2.24) is 15.3 Å². The summed E-state index contributed by atoms with van der Waals surface area (Å²) in [4.78, 5) is 11.4. The zero-order valence-electron chi connectivity index (χ0n) is 15.5. The maximum Gasteiger partial charge on any atom is 0.225 e. The molecule has 0 saturated heterocycles. The van der Waals surface area contributed by atoms with Crippen LogP contribution in [-0.4, -0.2) is 40.8 Å². The first-order valence-corrected chi connectivity index (χ1v) is 9.19. The van der Waals surface area contributed by atoms with Gasteiger partial charge in [-0.05, 0) is 49.0 Å². The fourth-order valence-corrected chi connectivity index (χ4v) is 3.80. The summed E-state index contributed by atoms with van der Waals surface area (Å²) in [5.41, 5.74) is 1.87. The maximum absolute atomic E-state index is 9.57. The lowest BCUT2D eigenvalue weighted by molar-refractivity contribution is 0.197. The lowest BCUT2D eigenvalue weighted by Gasteiger charge is -2.41. The van der Waals surface area contributed by atoms with Crippen LogP contribution >= 0.6 is 0 Å². The van der Waals surface area contributed by atoms with Crippen LogP contribution in [0.15, 0.2) is 12.3 Å². The lowest BCUT2D eigenvalue weighted by atomic mass is 9.76. The van der Waals surface area contributed by atoms with Crippen LogP contribution in [0.5, 0.6) is 0 Å². The van der Waals surface area contributed by atoms with Crippen LogP contribution in [-0.2, 0) is 6.54 Å². The Morgan fingerprint density at radius 2 is 2.08 bits per heavy atom. The molecule has 24 heavy (non-hydrogen) atoms. The maximum atomic E-state index is 9.57. The van der Waals surface area contributed by atoms with Gasteiger partial charge in [0.05, 0.1) is 12.3 Å². The van der Waals surface area contributed by atoms with Crippen LogP contribution in [0, 0.1) is 10.8 Å². The van der Waals surface area contributed by atoms with Crippen molar-refractivity contribution in [2.75, 3.05) is 18.6 Å². The highest BCUT2D eigenvalue weighted by Crippen LogP contribution is 2.61. The van der Waals surface area contributed by atoms with Gasteiger partial charge in [0.25, 0.3) is 0 Å². The summed E-state index contributed by atoms with van der Waals surface area (Å²) < 4.78 is 0. The highest BCUT2D eigenvalue weighted by atomic mass is 16.3. The predicted octanol–water partition coefficient (Wildman–Crippen LogP) is 2.74. The van der Waals surface area contributed by atoms with Gasteiger partial charge in [-0.1, -0.05) is 20.8 Å². The van der Waals surface area contributed by atoms with Gasteiger partial charge in [-0.15, -0.1) is 0 Å². The van der Waals surface area contributed by atoms with Gasteiger partial charge in [0.2, 0.25) is 5.95 Å². The van der Waals surface area contributed by atoms with E-state index < -0.39 is 0 Å². The number of nitrogens with one attached hydrogen (secondary N) is 1. The van der Waals surface area contributed by atoms with Crippen molar-refractivity contribution < 1.29 is 5.11 Å². The van der Waals surface area contributed by atoms with Crippen LogP contribution in [0.4, 0.5) is 5.95 Å². The van der Waals surface area contributed by atoms with E-state index in [9.17, 15) is 5.11 Å². The highest BCUT2D eigenvalue weighted by Gasteiger charge is 2.54. The van der Waals surface area contributed by atoms with Crippen LogP contribution in [0.1, 0.15) is 58.6 Å². The molecule has 2 fully saturated rings. The average Bonchev–Trinajstić information content (AvgIpc) is 3.29. The van der Waals surface area contributed by atoms with Crippen LogP contribution < -0.4 is 10.2 Å². The van der Waals surface area contributed by atoms with E-state index in [-0.39, 0.29) is 18.1 Å². The van der Waals surface area contributed by atoms with Crippen molar-refractivity contribution in [1.29, 1.82) is 0 Å². The fraction of sp³-hybridized carbons (Fsp3) is 0.789. The number of aromatic nitrogens is 2. The Hall–Kier alpha value is -1.20. The number of aliphatic hydroxyl groups is 1. The molecule has 0 radical (unpaired) electrons. The Labute approximate surface area is 145 Å². The van der Waals surface area contributed by atoms with Crippen LogP contribution in [0.25, 0.3) is 0 Å². The smallest absolute Gasteiger partial charge is 0.225 e. The van der Waals surface area contributed by atoms with E-state index in [0.29, 0.717) is 18.0 Å². The molecule has 2 N–H and O–H groups in total. The molecule has 2 saturated carbocycles. The Balaban J connectivity index is 1.54. The summed E-state index contributed by atoms with van der Waals surface area (Å²) in [7, 11) is 2.11. The number of anilines is 1. The normalized spacial score (nSPS) is 20.7. The van der Waals surface area contributed by atoms with Crippen molar-refractivity contribution in [2.24, 2.45) is 10.8 Å². The predicted molar refractivity (Wildman–Crippen MR) is 96.9 cm³/mol. The number of nitrogens with zero attached hydrogens (tertiary/aromatic N) is 3. The zero-order chi connectivity index (χ0) is 17.4. The van der Waals surface area contributed by atoms with E-state index in [4.69, 9.17) is 4.98 Å².